The minimum atomic E-state index is -4.83. The number of carbonyl (C=O) groups is 1. The minimum Gasteiger partial charge on any atom is -0.496 e. The maximum atomic E-state index is 12.3. The summed E-state index contributed by atoms with van der Waals surface area (Å²) in [6.45, 7) is 0. The number of halogens is 3. The third kappa shape index (κ3) is 3.71. The van der Waals surface area contributed by atoms with Crippen molar-refractivity contribution in [2.24, 2.45) is 0 Å². The van der Waals surface area contributed by atoms with Gasteiger partial charge in [-0.25, -0.2) is 0 Å². The number of benzene rings is 1. The van der Waals surface area contributed by atoms with Crippen molar-refractivity contribution in [1.29, 1.82) is 0 Å². The van der Waals surface area contributed by atoms with E-state index >= 15 is 0 Å². The Hall–Kier alpha value is -2.57. The molecule has 0 amide bonds. The molecular weight excluding hydrogens is 287 g/mol. The maximum absolute atomic E-state index is 12.3. The predicted molar refractivity (Wildman–Crippen MR) is 67.3 cm³/mol. The highest BCUT2D eigenvalue weighted by Crippen LogP contribution is 2.29. The number of nitrogens with zero attached hydrogens (tertiary/aromatic N) is 1. The molecule has 0 atom stereocenters. The third-order valence-electron chi connectivity index (χ3n) is 2.57. The summed E-state index contributed by atoms with van der Waals surface area (Å²) in [5, 5.41) is 0. The molecule has 7 heteroatoms. The smallest absolute Gasteiger partial charge is 0.496 e. The van der Waals surface area contributed by atoms with Gasteiger partial charge in [-0.15, -0.1) is 13.2 Å². The summed E-state index contributed by atoms with van der Waals surface area (Å²) >= 11 is 0. The second kappa shape index (κ2) is 5.82. The Morgan fingerprint density at radius 3 is 2.57 bits per heavy atom. The number of ether oxygens (including phenoxy) is 2. The Morgan fingerprint density at radius 1 is 1.24 bits per heavy atom. The second-order valence-electron chi connectivity index (χ2n) is 3.98. The molecular formula is C14H10F3NO3. The van der Waals surface area contributed by atoms with E-state index < -0.39 is 17.9 Å². The quantitative estimate of drug-likeness (QED) is 0.813. The molecule has 1 heterocycles. The Kier molecular flexibility index (Phi) is 4.11. The molecule has 0 saturated heterocycles. The SMILES string of the molecule is COc1ccc(OC(F)(F)F)cc1C(=O)c1cccnc1. The molecule has 0 unspecified atom stereocenters. The number of ketones is 1. The number of methoxy groups -OCH3 is 1. The van der Waals surface area contributed by atoms with Gasteiger partial charge in [-0.2, -0.15) is 0 Å². The van der Waals surface area contributed by atoms with Crippen molar-refractivity contribution >= 4 is 5.78 Å². The molecule has 110 valence electrons. The molecule has 2 aromatic rings. The highest BCUT2D eigenvalue weighted by Gasteiger charge is 2.31. The van der Waals surface area contributed by atoms with Gasteiger partial charge >= 0.3 is 6.36 Å². The van der Waals surface area contributed by atoms with Crippen molar-refractivity contribution in [1.82, 2.24) is 4.98 Å². The molecule has 0 aliphatic heterocycles. The molecule has 1 aromatic heterocycles. The van der Waals surface area contributed by atoms with E-state index in [9.17, 15) is 18.0 Å². The molecule has 0 fully saturated rings. The topological polar surface area (TPSA) is 48.4 Å². The van der Waals surface area contributed by atoms with Gasteiger partial charge in [0.05, 0.1) is 12.7 Å². The van der Waals surface area contributed by atoms with E-state index in [1.54, 1.807) is 6.07 Å². The minimum absolute atomic E-state index is 0.0350. The summed E-state index contributed by atoms with van der Waals surface area (Å²) in [5.41, 5.74) is 0.201. The average molecular weight is 297 g/mol. The van der Waals surface area contributed by atoms with Crippen molar-refractivity contribution in [3.63, 3.8) is 0 Å². The van der Waals surface area contributed by atoms with Crippen LogP contribution >= 0.6 is 0 Å². The predicted octanol–water partition coefficient (Wildman–Crippen LogP) is 3.22. The van der Waals surface area contributed by atoms with Crippen molar-refractivity contribution < 1.29 is 27.4 Å². The van der Waals surface area contributed by atoms with Crippen LogP contribution in [0.1, 0.15) is 15.9 Å². The third-order valence-corrected chi connectivity index (χ3v) is 2.57. The summed E-state index contributed by atoms with van der Waals surface area (Å²) in [6.07, 6.45) is -2.03. The van der Waals surface area contributed by atoms with Gasteiger partial charge in [0.15, 0.2) is 5.78 Å². The lowest BCUT2D eigenvalue weighted by molar-refractivity contribution is -0.274. The molecule has 0 N–H and O–H groups in total. The Bertz CT molecular complexity index is 642. The summed E-state index contributed by atoms with van der Waals surface area (Å²) in [4.78, 5) is 16.1. The fraction of sp³-hybridized carbons (Fsp3) is 0.143. The van der Waals surface area contributed by atoms with E-state index in [1.807, 2.05) is 0 Å². The number of carbonyl (C=O) groups excluding carboxylic acids is 1. The normalized spacial score (nSPS) is 11.0. The zero-order valence-electron chi connectivity index (χ0n) is 10.8. The molecule has 0 spiro atoms. The fourth-order valence-corrected chi connectivity index (χ4v) is 1.71. The number of rotatable bonds is 4. The van der Waals surface area contributed by atoms with Gasteiger partial charge in [0.2, 0.25) is 0 Å². The maximum Gasteiger partial charge on any atom is 0.573 e. The number of hydrogen-bond donors (Lipinski definition) is 0. The monoisotopic (exact) mass is 297 g/mol. The van der Waals surface area contributed by atoms with E-state index in [-0.39, 0.29) is 16.9 Å². The lowest BCUT2D eigenvalue weighted by Crippen LogP contribution is -2.17. The van der Waals surface area contributed by atoms with Gasteiger partial charge in [-0.05, 0) is 30.3 Å². The Labute approximate surface area is 118 Å². The highest BCUT2D eigenvalue weighted by atomic mass is 19.4. The van der Waals surface area contributed by atoms with Crippen molar-refractivity contribution in [3.05, 3.63) is 53.9 Å². The molecule has 21 heavy (non-hydrogen) atoms. The van der Waals surface area contributed by atoms with Crippen LogP contribution in [0.15, 0.2) is 42.7 Å². The van der Waals surface area contributed by atoms with Gasteiger partial charge in [0, 0.05) is 18.0 Å². The molecule has 0 bridgehead atoms. The molecule has 4 nitrogen and oxygen atoms in total. The van der Waals surface area contributed by atoms with Gasteiger partial charge in [0.25, 0.3) is 0 Å². The Balaban J connectivity index is 2.41. The van der Waals surface area contributed by atoms with Gasteiger partial charge < -0.3 is 9.47 Å². The first-order valence-electron chi connectivity index (χ1n) is 5.79. The van der Waals surface area contributed by atoms with Crippen LogP contribution < -0.4 is 9.47 Å². The van der Waals surface area contributed by atoms with Crippen LogP contribution in [0.25, 0.3) is 0 Å². The number of hydrogen-bond acceptors (Lipinski definition) is 4. The lowest BCUT2D eigenvalue weighted by Gasteiger charge is -2.12. The molecule has 0 saturated carbocycles. The zero-order chi connectivity index (χ0) is 15.5. The summed E-state index contributed by atoms with van der Waals surface area (Å²) < 4.78 is 45.5. The van der Waals surface area contributed by atoms with Crippen LogP contribution in [0.2, 0.25) is 0 Å². The van der Waals surface area contributed by atoms with Crippen molar-refractivity contribution in [2.75, 3.05) is 7.11 Å². The second-order valence-corrected chi connectivity index (χ2v) is 3.98. The largest absolute Gasteiger partial charge is 0.573 e. The van der Waals surface area contributed by atoms with E-state index in [4.69, 9.17) is 4.74 Å². The number of alkyl halides is 3. The summed E-state index contributed by atoms with van der Waals surface area (Å²) in [5.74, 6) is -0.846. The van der Waals surface area contributed by atoms with Crippen LogP contribution in [-0.4, -0.2) is 24.2 Å². The lowest BCUT2D eigenvalue weighted by atomic mass is 10.0. The first kappa shape index (κ1) is 14.8. The van der Waals surface area contributed by atoms with Crippen LogP contribution in [0.5, 0.6) is 11.5 Å². The van der Waals surface area contributed by atoms with E-state index in [0.717, 1.165) is 12.1 Å². The van der Waals surface area contributed by atoms with E-state index in [0.29, 0.717) is 0 Å². The summed E-state index contributed by atoms with van der Waals surface area (Å²) in [6, 6.07) is 6.36. The molecule has 2 rings (SSSR count). The Morgan fingerprint density at radius 2 is 2.00 bits per heavy atom. The molecule has 1 aromatic carbocycles. The highest BCUT2D eigenvalue weighted by molar-refractivity contribution is 6.10. The molecule has 0 aliphatic rings. The van der Waals surface area contributed by atoms with Crippen LogP contribution in [0, 0.1) is 0 Å². The van der Waals surface area contributed by atoms with Gasteiger partial charge in [-0.3, -0.25) is 9.78 Å². The molecule has 0 aliphatic carbocycles. The standard InChI is InChI=1S/C14H10F3NO3/c1-20-12-5-4-10(21-14(15,16)17)7-11(12)13(19)9-3-2-6-18-8-9/h2-8H,1H3. The van der Waals surface area contributed by atoms with Crippen LogP contribution in [0.3, 0.4) is 0 Å². The number of pyridine rings is 1. The first-order chi connectivity index (χ1) is 9.90. The zero-order valence-corrected chi connectivity index (χ0v) is 10.8. The molecule has 0 radical (unpaired) electrons. The van der Waals surface area contributed by atoms with Gasteiger partial charge in [-0.1, -0.05) is 0 Å². The first-order valence-corrected chi connectivity index (χ1v) is 5.79. The number of aromatic nitrogens is 1. The van der Waals surface area contributed by atoms with E-state index in [2.05, 4.69) is 9.72 Å². The van der Waals surface area contributed by atoms with Crippen molar-refractivity contribution in [3.8, 4) is 11.5 Å². The van der Waals surface area contributed by atoms with E-state index in [1.165, 1.54) is 31.6 Å². The van der Waals surface area contributed by atoms with Crippen LogP contribution in [-0.2, 0) is 0 Å². The van der Waals surface area contributed by atoms with Crippen LogP contribution in [0.4, 0.5) is 13.2 Å². The van der Waals surface area contributed by atoms with Gasteiger partial charge in [0.1, 0.15) is 11.5 Å². The van der Waals surface area contributed by atoms with Crippen molar-refractivity contribution in [2.45, 2.75) is 6.36 Å². The average Bonchev–Trinajstić information content (AvgIpc) is 2.45. The fourth-order valence-electron chi connectivity index (χ4n) is 1.71. The summed E-state index contributed by atoms with van der Waals surface area (Å²) in [7, 11) is 1.32.